The first-order valence-electron chi connectivity index (χ1n) is 3.69. The van der Waals surface area contributed by atoms with Crippen molar-refractivity contribution < 1.29 is 21.5 Å². The molecular weight excluding hydrogens is 291 g/mol. The molecule has 2 atom stereocenters. The van der Waals surface area contributed by atoms with E-state index in [1.165, 1.54) is 19.5 Å². The molecule has 0 spiro atoms. The summed E-state index contributed by atoms with van der Waals surface area (Å²) in [4.78, 5) is 2.36. The third kappa shape index (κ3) is 1.54. The number of alkyl halides is 1. The van der Waals surface area contributed by atoms with E-state index < -0.39 is 0 Å². The van der Waals surface area contributed by atoms with Crippen molar-refractivity contribution in [3.63, 3.8) is 0 Å². The molecule has 5 heteroatoms. The second kappa shape index (κ2) is 3.61. The predicted molar refractivity (Wildman–Crippen MR) is 48.1 cm³/mol. The van der Waals surface area contributed by atoms with E-state index in [2.05, 4.69) is 24.0 Å². The van der Waals surface area contributed by atoms with Crippen LogP contribution in [0.25, 0.3) is 0 Å². The van der Waals surface area contributed by atoms with Crippen molar-refractivity contribution in [2.24, 2.45) is 0 Å². The number of rotatable bonds is 2. The topological polar surface area (TPSA) is 6.48 Å². The quantitative estimate of drug-likeness (QED) is 0.156. The Balaban J connectivity index is 1.91. The van der Waals surface area contributed by atoms with E-state index in [4.69, 9.17) is 0 Å². The van der Waals surface area contributed by atoms with Gasteiger partial charge in [-0.25, -0.2) is 0 Å². The van der Waals surface area contributed by atoms with Gasteiger partial charge in [0.15, 0.2) is 0 Å². The average molecular weight is 303 g/mol. The molecule has 0 N–H and O–H groups in total. The number of halogens is 1. The molecule has 0 amide bonds. The third-order valence-electron chi connectivity index (χ3n) is 2.38. The van der Waals surface area contributed by atoms with Crippen LogP contribution in [0, 0.1) is 0 Å². The van der Waals surface area contributed by atoms with Crippen LogP contribution in [0.4, 0.5) is 0 Å². The maximum absolute atomic E-state index is 4.22. The molecule has 66 valence electrons. The van der Waals surface area contributed by atoms with Gasteiger partial charge >= 0.3 is 88.1 Å². The molecule has 3 aliphatic heterocycles. The molecule has 0 aliphatic carbocycles. The molecule has 2 bridgehead atoms. The molecule has 11 heavy (non-hydrogen) atoms. The Hall–Kier alpha value is 1.35. The van der Waals surface area contributed by atoms with Crippen molar-refractivity contribution >= 4 is 22.6 Å². The minimum absolute atomic E-state index is 0.344. The third-order valence-corrected chi connectivity index (χ3v) is 6.29. The summed E-state index contributed by atoms with van der Waals surface area (Å²) in [7, 11) is 1.61. The maximum atomic E-state index is 4.22. The number of hydrogen-bond acceptors (Lipinski definition) is 4. The first-order chi connectivity index (χ1) is 5.35. The molecule has 3 rings (SSSR count). The van der Waals surface area contributed by atoms with Gasteiger partial charge in [0.1, 0.15) is 0 Å². The normalized spacial score (nSPS) is 39.1. The van der Waals surface area contributed by atoms with Crippen LogP contribution in [0.15, 0.2) is 0 Å². The van der Waals surface area contributed by atoms with Crippen LogP contribution in [0.1, 0.15) is 6.42 Å². The number of fused-ring (bicyclic) bond motifs is 2. The summed E-state index contributed by atoms with van der Waals surface area (Å²) in [6, 6.07) is 1.76. The van der Waals surface area contributed by atoms with Crippen molar-refractivity contribution in [1.82, 2.24) is 7.42 Å². The van der Waals surface area contributed by atoms with Crippen LogP contribution < -0.4 is 21.5 Å². The zero-order valence-electron chi connectivity index (χ0n) is 6.40. The van der Waals surface area contributed by atoms with Crippen molar-refractivity contribution in [2.75, 3.05) is 18.0 Å². The van der Waals surface area contributed by atoms with E-state index in [1.807, 2.05) is 0 Å². The number of nitrogens with zero attached hydrogens (tertiary/aromatic N) is 2. The van der Waals surface area contributed by atoms with E-state index in [0.717, 1.165) is 12.1 Å². The van der Waals surface area contributed by atoms with Gasteiger partial charge in [-0.05, 0) is 0 Å². The summed E-state index contributed by atoms with van der Waals surface area (Å²) in [5.74, 6) is 0. The van der Waals surface area contributed by atoms with E-state index >= 15 is 0 Å². The Morgan fingerprint density at radius 2 is 2.09 bits per heavy atom. The summed E-state index contributed by atoms with van der Waals surface area (Å²) in [6.45, 7) is 2.47. The van der Waals surface area contributed by atoms with Crippen LogP contribution in [-0.4, -0.2) is 37.5 Å². The molecule has 0 aromatic heterocycles. The molecule has 3 saturated heterocycles. The second-order valence-electron chi connectivity index (χ2n) is 2.99. The summed E-state index contributed by atoms with van der Waals surface area (Å²) in [5, 5.41) is 0. The van der Waals surface area contributed by atoms with Crippen molar-refractivity contribution in [3.8, 4) is 0 Å². The van der Waals surface area contributed by atoms with Crippen molar-refractivity contribution in [1.29, 1.82) is 0 Å². The van der Waals surface area contributed by atoms with Gasteiger partial charge in [0.2, 0.25) is 0 Å². The molecule has 3 fully saturated rings. The van der Waals surface area contributed by atoms with Crippen molar-refractivity contribution in [3.05, 3.63) is 0 Å². The summed E-state index contributed by atoms with van der Waals surface area (Å²) in [6.07, 6.45) is 1.44. The number of piperazine rings is 1. The Morgan fingerprint density at radius 1 is 1.45 bits per heavy atom. The van der Waals surface area contributed by atoms with Crippen LogP contribution in [0.2, 0.25) is 0 Å². The molecular formula is C6H12IN2S2-. The van der Waals surface area contributed by atoms with E-state index in [0.29, 0.717) is 21.5 Å². The molecule has 2 nitrogen and oxygen atoms in total. The van der Waals surface area contributed by atoms with Crippen LogP contribution in [-0.2, 0) is 0 Å². The summed E-state index contributed by atoms with van der Waals surface area (Å²) < 4.78 is 5.08. The second-order valence-corrected chi connectivity index (χ2v) is 6.23. The first kappa shape index (κ1) is 8.93. The van der Waals surface area contributed by atoms with E-state index in [-0.39, 0.29) is 0 Å². The molecule has 0 radical (unpaired) electrons. The Kier molecular flexibility index (Phi) is 2.93. The van der Waals surface area contributed by atoms with Gasteiger partial charge in [-0.3, -0.25) is 0 Å². The van der Waals surface area contributed by atoms with Gasteiger partial charge in [0.25, 0.3) is 0 Å². The van der Waals surface area contributed by atoms with Crippen molar-refractivity contribution in [2.45, 2.75) is 18.5 Å². The fraction of sp³-hybridized carbons (Fsp3) is 1.00. The zero-order valence-corrected chi connectivity index (χ0v) is 10.3. The minimum atomic E-state index is 0.344. The fourth-order valence-electron chi connectivity index (χ4n) is 1.87. The Bertz CT molecular complexity index is 146. The van der Waals surface area contributed by atoms with Crippen LogP contribution >= 0.6 is 22.6 Å². The van der Waals surface area contributed by atoms with E-state index in [1.54, 1.807) is 11.0 Å². The molecule has 0 aromatic rings. The Labute approximate surface area is 87.6 Å². The molecule has 0 saturated carbocycles. The number of hydrogen-bond donors (Lipinski definition) is 1. The van der Waals surface area contributed by atoms with E-state index in [9.17, 15) is 0 Å². The number of thiol groups is 1. The van der Waals surface area contributed by atoms with Gasteiger partial charge < -0.3 is 0 Å². The summed E-state index contributed by atoms with van der Waals surface area (Å²) in [5.41, 5.74) is 0. The molecule has 3 heterocycles. The van der Waals surface area contributed by atoms with Gasteiger partial charge in [-0.1, -0.05) is 0 Å². The average Bonchev–Trinajstić information content (AvgIpc) is 2.05. The number of piperidine rings is 1. The van der Waals surface area contributed by atoms with Gasteiger partial charge in [0.05, 0.1) is 0 Å². The zero-order chi connectivity index (χ0) is 7.84. The summed E-state index contributed by atoms with van der Waals surface area (Å²) >= 11 is 4.56. The molecule has 0 aromatic carbocycles. The van der Waals surface area contributed by atoms with Crippen LogP contribution in [0.3, 0.4) is 0 Å². The first-order valence-corrected chi connectivity index (χ1v) is 8.64. The fourth-order valence-corrected chi connectivity index (χ4v) is 5.13. The van der Waals surface area contributed by atoms with Gasteiger partial charge in [-0.2, -0.15) is 0 Å². The molecule has 2 unspecified atom stereocenters. The monoisotopic (exact) mass is 303 g/mol. The van der Waals surface area contributed by atoms with Crippen LogP contribution in [0.5, 0.6) is 0 Å². The Morgan fingerprint density at radius 3 is 2.55 bits per heavy atom. The standard InChI is InChI=1S/C6H12IN2S2/c1-7-9-5-2-6(9)4-8(3-5)11-10/h5-6,10H,2-4H2,1H3/q-1. The molecule has 3 aliphatic rings. The van der Waals surface area contributed by atoms with Gasteiger partial charge in [0, 0.05) is 0 Å². The SMILES string of the molecule is C[I-]N1C2CC1CN(SS)C2. The van der Waals surface area contributed by atoms with Gasteiger partial charge in [-0.15, -0.1) is 0 Å². The predicted octanol–water partition coefficient (Wildman–Crippen LogP) is -2.13.